The van der Waals surface area contributed by atoms with Gasteiger partial charge < -0.3 is 10.6 Å². The van der Waals surface area contributed by atoms with Crippen molar-refractivity contribution in [1.29, 1.82) is 0 Å². The third-order valence-corrected chi connectivity index (χ3v) is 4.89. The van der Waals surface area contributed by atoms with Crippen molar-refractivity contribution in [2.45, 2.75) is 37.6 Å². The molecule has 1 saturated carbocycles. The molecule has 2 fully saturated rings. The fraction of sp³-hybridized carbons (Fsp3) is 0.571. The predicted molar refractivity (Wildman–Crippen MR) is 85.2 cm³/mol. The highest BCUT2D eigenvalue weighted by Gasteiger charge is 2.51. The molecule has 1 saturated heterocycles. The van der Waals surface area contributed by atoms with Gasteiger partial charge in [0.2, 0.25) is 0 Å². The molecule has 1 aliphatic carbocycles. The number of imide groups is 1. The molecule has 23 heavy (non-hydrogen) atoms. The quantitative estimate of drug-likeness (QED) is 0.560. The van der Waals surface area contributed by atoms with Crippen LogP contribution in [0.3, 0.4) is 0 Å². The van der Waals surface area contributed by atoms with Crippen LogP contribution in [0.15, 0.2) is 11.6 Å². The second kappa shape index (κ2) is 6.53. The Labute approximate surface area is 137 Å². The van der Waals surface area contributed by atoms with E-state index >= 15 is 0 Å². The van der Waals surface area contributed by atoms with Gasteiger partial charge in [0.25, 0.3) is 5.91 Å². The molecule has 2 aliphatic rings. The zero-order valence-corrected chi connectivity index (χ0v) is 13.4. The van der Waals surface area contributed by atoms with Gasteiger partial charge in [0, 0.05) is 24.7 Å². The van der Waals surface area contributed by atoms with Gasteiger partial charge in [-0.15, -0.1) is 11.3 Å². The van der Waals surface area contributed by atoms with Gasteiger partial charge in [0.15, 0.2) is 5.13 Å². The number of hydrogen-bond donors (Lipinski definition) is 3. The van der Waals surface area contributed by atoms with Crippen LogP contribution in [0.5, 0.6) is 0 Å². The largest absolute Gasteiger partial charge is 0.338 e. The molecule has 0 atom stereocenters. The highest BCUT2D eigenvalue weighted by molar-refractivity contribution is 7.13. The molecule has 0 unspecified atom stereocenters. The first-order valence-corrected chi connectivity index (χ1v) is 8.57. The fourth-order valence-electron chi connectivity index (χ4n) is 3.06. The van der Waals surface area contributed by atoms with Gasteiger partial charge in [-0.05, 0) is 19.3 Å². The van der Waals surface area contributed by atoms with Crippen molar-refractivity contribution in [3.05, 3.63) is 11.6 Å². The van der Waals surface area contributed by atoms with Gasteiger partial charge in [-0.25, -0.2) is 14.6 Å². The molecule has 1 aromatic heterocycles. The van der Waals surface area contributed by atoms with Crippen LogP contribution >= 0.6 is 11.3 Å². The van der Waals surface area contributed by atoms with Crippen molar-refractivity contribution >= 4 is 34.4 Å². The number of urea groups is 2. The molecule has 2 heterocycles. The number of rotatable bonds is 5. The molecule has 1 spiro atoms. The predicted octanol–water partition coefficient (Wildman–Crippen LogP) is 1.52. The summed E-state index contributed by atoms with van der Waals surface area (Å²) in [7, 11) is 0. The molecule has 1 aliphatic heterocycles. The molecule has 5 amide bonds. The lowest BCUT2D eigenvalue weighted by molar-refractivity contribution is -0.131. The van der Waals surface area contributed by atoms with Gasteiger partial charge in [-0.1, -0.05) is 12.8 Å². The maximum atomic E-state index is 12.4. The maximum Gasteiger partial charge on any atom is 0.325 e. The van der Waals surface area contributed by atoms with Gasteiger partial charge >= 0.3 is 12.1 Å². The number of carbonyl (C=O) groups excluding carboxylic acids is 3. The van der Waals surface area contributed by atoms with E-state index in [1.54, 1.807) is 11.6 Å². The molecule has 0 aromatic carbocycles. The van der Waals surface area contributed by atoms with E-state index in [0.29, 0.717) is 24.6 Å². The summed E-state index contributed by atoms with van der Waals surface area (Å²) in [6.07, 6.45) is 5.51. The molecule has 8 nitrogen and oxygen atoms in total. The molecule has 9 heteroatoms. The Morgan fingerprint density at radius 3 is 2.87 bits per heavy atom. The van der Waals surface area contributed by atoms with Gasteiger partial charge in [0.1, 0.15) is 5.54 Å². The van der Waals surface area contributed by atoms with Crippen LogP contribution in [0.2, 0.25) is 0 Å². The monoisotopic (exact) mass is 337 g/mol. The average molecular weight is 337 g/mol. The first-order valence-electron chi connectivity index (χ1n) is 7.69. The topological polar surface area (TPSA) is 103 Å². The number of nitrogens with one attached hydrogen (secondary N) is 3. The first kappa shape index (κ1) is 15.7. The summed E-state index contributed by atoms with van der Waals surface area (Å²) < 4.78 is 0. The van der Waals surface area contributed by atoms with Crippen molar-refractivity contribution in [3.8, 4) is 0 Å². The van der Waals surface area contributed by atoms with E-state index in [1.165, 1.54) is 16.2 Å². The molecule has 0 bridgehead atoms. The van der Waals surface area contributed by atoms with Crippen LogP contribution in [-0.4, -0.2) is 46.5 Å². The van der Waals surface area contributed by atoms with Crippen molar-refractivity contribution in [2.24, 2.45) is 0 Å². The summed E-state index contributed by atoms with van der Waals surface area (Å²) in [5, 5.41) is 10.4. The van der Waals surface area contributed by atoms with E-state index in [9.17, 15) is 14.4 Å². The Morgan fingerprint density at radius 1 is 1.39 bits per heavy atom. The lowest BCUT2D eigenvalue weighted by Gasteiger charge is -2.20. The van der Waals surface area contributed by atoms with Crippen LogP contribution < -0.4 is 16.0 Å². The SMILES string of the molecule is O=C(NCCCN1C(=O)NC2(CCCC2)C1=O)Nc1nccs1. The fourth-order valence-corrected chi connectivity index (χ4v) is 3.59. The van der Waals surface area contributed by atoms with Crippen LogP contribution in [0.25, 0.3) is 0 Å². The third kappa shape index (κ3) is 3.29. The number of carbonyl (C=O) groups is 3. The van der Waals surface area contributed by atoms with Gasteiger partial charge in [-0.3, -0.25) is 15.0 Å². The number of aromatic nitrogens is 1. The minimum absolute atomic E-state index is 0.118. The van der Waals surface area contributed by atoms with Gasteiger partial charge in [-0.2, -0.15) is 0 Å². The normalized spacial score (nSPS) is 19.2. The molecular weight excluding hydrogens is 318 g/mol. The molecule has 3 N–H and O–H groups in total. The lowest BCUT2D eigenvalue weighted by atomic mass is 9.98. The standard InChI is InChI=1S/C14H19N5O3S/c20-10-14(4-1-2-5-14)18-13(22)19(10)8-3-6-15-11(21)17-12-16-7-9-23-12/h7,9H,1-6,8H2,(H,18,22)(H2,15,16,17,21). The lowest BCUT2D eigenvalue weighted by Crippen LogP contribution is -2.44. The number of nitrogens with zero attached hydrogens (tertiary/aromatic N) is 2. The van der Waals surface area contributed by atoms with E-state index in [2.05, 4.69) is 20.9 Å². The Morgan fingerprint density at radius 2 is 2.17 bits per heavy atom. The highest BCUT2D eigenvalue weighted by Crippen LogP contribution is 2.34. The number of anilines is 1. The minimum Gasteiger partial charge on any atom is -0.338 e. The minimum atomic E-state index is -0.660. The smallest absolute Gasteiger partial charge is 0.325 e. The van der Waals surface area contributed by atoms with E-state index in [0.717, 1.165) is 25.7 Å². The number of amides is 5. The third-order valence-electron chi connectivity index (χ3n) is 4.20. The van der Waals surface area contributed by atoms with Crippen LogP contribution in [0.4, 0.5) is 14.7 Å². The van der Waals surface area contributed by atoms with Crippen molar-refractivity contribution in [3.63, 3.8) is 0 Å². The first-order chi connectivity index (χ1) is 11.1. The van der Waals surface area contributed by atoms with Crippen LogP contribution in [-0.2, 0) is 4.79 Å². The van der Waals surface area contributed by atoms with E-state index in [4.69, 9.17) is 0 Å². The summed E-state index contributed by atoms with van der Waals surface area (Å²) >= 11 is 1.33. The van der Waals surface area contributed by atoms with Crippen molar-refractivity contribution in [2.75, 3.05) is 18.4 Å². The summed E-state index contributed by atoms with van der Waals surface area (Å²) in [4.78, 5) is 41.2. The van der Waals surface area contributed by atoms with Crippen molar-refractivity contribution in [1.82, 2.24) is 20.5 Å². The number of hydrogen-bond acceptors (Lipinski definition) is 5. The summed E-state index contributed by atoms with van der Waals surface area (Å²) in [6, 6.07) is -0.659. The second-order valence-electron chi connectivity index (χ2n) is 5.75. The summed E-state index contributed by atoms with van der Waals surface area (Å²) in [5.74, 6) is -0.118. The number of thiazole rings is 1. The molecule has 1 aromatic rings. The Balaban J connectivity index is 1.41. The average Bonchev–Trinajstić information content (AvgIpc) is 3.22. The molecule has 124 valence electrons. The highest BCUT2D eigenvalue weighted by atomic mass is 32.1. The van der Waals surface area contributed by atoms with Gasteiger partial charge in [0.05, 0.1) is 0 Å². The van der Waals surface area contributed by atoms with E-state index < -0.39 is 5.54 Å². The summed E-state index contributed by atoms with van der Waals surface area (Å²) in [5.41, 5.74) is -0.660. The second-order valence-corrected chi connectivity index (χ2v) is 6.64. The van der Waals surface area contributed by atoms with Crippen LogP contribution in [0, 0.1) is 0 Å². The Bertz CT molecular complexity index is 598. The Kier molecular flexibility index (Phi) is 4.46. The van der Waals surface area contributed by atoms with E-state index in [-0.39, 0.29) is 18.0 Å². The maximum absolute atomic E-state index is 12.4. The van der Waals surface area contributed by atoms with Crippen molar-refractivity contribution < 1.29 is 14.4 Å². The van der Waals surface area contributed by atoms with E-state index in [1.807, 2.05) is 0 Å². The zero-order valence-electron chi connectivity index (χ0n) is 12.6. The zero-order chi connectivity index (χ0) is 16.3. The molecular formula is C14H19N5O3S. The molecule has 0 radical (unpaired) electrons. The summed E-state index contributed by atoms with van der Waals surface area (Å²) in [6.45, 7) is 0.686. The Hall–Kier alpha value is -2.16. The molecule has 3 rings (SSSR count). The van der Waals surface area contributed by atoms with Crippen LogP contribution in [0.1, 0.15) is 32.1 Å².